The van der Waals surface area contributed by atoms with Crippen molar-refractivity contribution in [3.05, 3.63) is 0 Å². The van der Waals surface area contributed by atoms with Crippen molar-refractivity contribution in [2.45, 2.75) is 52.7 Å². The molecule has 1 saturated heterocycles. The molecule has 0 bridgehead atoms. The Labute approximate surface area is 116 Å². The summed E-state index contributed by atoms with van der Waals surface area (Å²) in [5, 5.41) is 0. The molecule has 4 atom stereocenters. The van der Waals surface area contributed by atoms with Crippen LogP contribution in [0.15, 0.2) is 0 Å². The second-order valence-electron chi connectivity index (χ2n) is 6.87. The summed E-state index contributed by atoms with van der Waals surface area (Å²) in [5.41, 5.74) is 6.15. The minimum atomic E-state index is -0.0176. The number of ether oxygens (including phenoxy) is 1. The highest BCUT2D eigenvalue weighted by Crippen LogP contribution is 2.45. The number of hydrogen-bond acceptors (Lipinski definition) is 3. The predicted molar refractivity (Wildman–Crippen MR) is 75.6 cm³/mol. The summed E-state index contributed by atoms with van der Waals surface area (Å²) in [6.45, 7) is 10.7. The van der Waals surface area contributed by atoms with Crippen LogP contribution in [0.5, 0.6) is 0 Å². The topological polar surface area (TPSA) is 55.6 Å². The monoisotopic (exact) mass is 268 g/mol. The normalized spacial score (nSPS) is 39.1. The summed E-state index contributed by atoms with van der Waals surface area (Å²) in [7, 11) is 0. The van der Waals surface area contributed by atoms with Gasteiger partial charge >= 0.3 is 0 Å². The van der Waals surface area contributed by atoms with Crippen LogP contribution in [0, 0.1) is 17.3 Å². The van der Waals surface area contributed by atoms with Gasteiger partial charge in [0.15, 0.2) is 0 Å². The van der Waals surface area contributed by atoms with Gasteiger partial charge in [-0.1, -0.05) is 20.8 Å². The first kappa shape index (κ1) is 14.8. The molecule has 1 aliphatic heterocycles. The van der Waals surface area contributed by atoms with Gasteiger partial charge in [0.1, 0.15) is 0 Å². The number of nitrogens with two attached hydrogens (primary N) is 1. The largest absolute Gasteiger partial charge is 0.375 e. The number of rotatable bonds is 1. The van der Waals surface area contributed by atoms with E-state index in [0.29, 0.717) is 18.4 Å². The third kappa shape index (κ3) is 2.79. The maximum Gasteiger partial charge on any atom is 0.226 e. The molecule has 4 nitrogen and oxygen atoms in total. The Morgan fingerprint density at radius 2 is 2.00 bits per heavy atom. The van der Waals surface area contributed by atoms with E-state index in [-0.39, 0.29) is 23.5 Å². The summed E-state index contributed by atoms with van der Waals surface area (Å²) >= 11 is 0. The van der Waals surface area contributed by atoms with Gasteiger partial charge in [-0.2, -0.15) is 0 Å². The first-order valence-corrected chi connectivity index (χ1v) is 7.50. The zero-order valence-electron chi connectivity index (χ0n) is 12.7. The molecular formula is C15H28N2O2. The summed E-state index contributed by atoms with van der Waals surface area (Å²) in [6.07, 6.45) is 2.04. The molecule has 4 heteroatoms. The van der Waals surface area contributed by atoms with Crippen molar-refractivity contribution in [2.24, 2.45) is 23.0 Å². The Hall–Kier alpha value is -0.610. The molecule has 2 fully saturated rings. The second-order valence-corrected chi connectivity index (χ2v) is 6.87. The quantitative estimate of drug-likeness (QED) is 0.786. The summed E-state index contributed by atoms with van der Waals surface area (Å²) in [4.78, 5) is 14.8. The van der Waals surface area contributed by atoms with Gasteiger partial charge in [0, 0.05) is 25.0 Å². The van der Waals surface area contributed by atoms with Gasteiger partial charge in [0.2, 0.25) is 5.91 Å². The molecule has 110 valence electrons. The highest BCUT2D eigenvalue weighted by molar-refractivity contribution is 5.80. The molecule has 19 heavy (non-hydrogen) atoms. The smallest absolute Gasteiger partial charge is 0.226 e. The Morgan fingerprint density at radius 1 is 1.32 bits per heavy atom. The van der Waals surface area contributed by atoms with Crippen LogP contribution in [0.2, 0.25) is 0 Å². The fourth-order valence-corrected chi connectivity index (χ4v) is 3.53. The second kappa shape index (κ2) is 5.41. The number of nitrogens with zero attached hydrogens (tertiary/aromatic N) is 1. The van der Waals surface area contributed by atoms with Crippen LogP contribution in [0.1, 0.15) is 40.5 Å². The van der Waals surface area contributed by atoms with E-state index in [1.54, 1.807) is 0 Å². The molecule has 0 radical (unpaired) electrons. The fourth-order valence-electron chi connectivity index (χ4n) is 3.53. The fraction of sp³-hybridized carbons (Fsp3) is 0.933. The van der Waals surface area contributed by atoms with Gasteiger partial charge in [-0.05, 0) is 31.1 Å². The molecule has 4 unspecified atom stereocenters. The van der Waals surface area contributed by atoms with Crippen LogP contribution in [0.25, 0.3) is 0 Å². The highest BCUT2D eigenvalue weighted by Gasteiger charge is 2.46. The maximum absolute atomic E-state index is 12.8. The van der Waals surface area contributed by atoms with E-state index in [1.807, 2.05) is 11.8 Å². The van der Waals surface area contributed by atoms with Gasteiger partial charge in [-0.15, -0.1) is 0 Å². The SMILES string of the molecule is CC1CN(C(=O)C2CCC(N)C(C)C2(C)C)CCO1. The molecule has 1 heterocycles. The molecule has 0 aromatic rings. The molecule has 0 spiro atoms. The zero-order chi connectivity index (χ0) is 14.2. The van der Waals surface area contributed by atoms with Gasteiger partial charge in [0.25, 0.3) is 0 Å². The third-order valence-corrected chi connectivity index (χ3v) is 5.35. The summed E-state index contributed by atoms with van der Waals surface area (Å²) < 4.78 is 5.52. The van der Waals surface area contributed by atoms with Crippen LogP contribution < -0.4 is 5.73 Å². The van der Waals surface area contributed by atoms with Crippen LogP contribution >= 0.6 is 0 Å². The Balaban J connectivity index is 2.10. The van der Waals surface area contributed by atoms with Crippen LogP contribution in [-0.2, 0) is 9.53 Å². The molecule has 0 aromatic carbocycles. The lowest BCUT2D eigenvalue weighted by Gasteiger charge is -2.48. The number of amides is 1. The molecular weight excluding hydrogens is 240 g/mol. The van der Waals surface area contributed by atoms with E-state index >= 15 is 0 Å². The zero-order valence-corrected chi connectivity index (χ0v) is 12.7. The lowest BCUT2D eigenvalue weighted by Crippen LogP contribution is -2.54. The van der Waals surface area contributed by atoms with Crippen molar-refractivity contribution in [3.8, 4) is 0 Å². The van der Waals surface area contributed by atoms with E-state index < -0.39 is 0 Å². The average molecular weight is 268 g/mol. The third-order valence-electron chi connectivity index (χ3n) is 5.35. The van der Waals surface area contributed by atoms with Crippen LogP contribution in [0.3, 0.4) is 0 Å². The molecule has 0 aromatic heterocycles. The number of morpholine rings is 1. The van der Waals surface area contributed by atoms with Crippen LogP contribution in [-0.4, -0.2) is 42.6 Å². The van der Waals surface area contributed by atoms with Crippen molar-refractivity contribution < 1.29 is 9.53 Å². The maximum atomic E-state index is 12.8. The van der Waals surface area contributed by atoms with Gasteiger partial charge in [-0.25, -0.2) is 0 Å². The Bertz CT molecular complexity index is 343. The van der Waals surface area contributed by atoms with E-state index in [9.17, 15) is 4.79 Å². The van der Waals surface area contributed by atoms with Crippen molar-refractivity contribution in [1.82, 2.24) is 4.90 Å². The lowest BCUT2D eigenvalue weighted by molar-refractivity contribution is -0.150. The van der Waals surface area contributed by atoms with Crippen molar-refractivity contribution in [1.29, 1.82) is 0 Å². The molecule has 2 rings (SSSR count). The average Bonchev–Trinajstić information content (AvgIpc) is 2.35. The Kier molecular flexibility index (Phi) is 4.21. The highest BCUT2D eigenvalue weighted by atomic mass is 16.5. The van der Waals surface area contributed by atoms with E-state index in [1.165, 1.54) is 0 Å². The molecule has 2 aliphatic rings. The molecule has 1 amide bonds. The lowest BCUT2D eigenvalue weighted by atomic mass is 9.60. The van der Waals surface area contributed by atoms with Gasteiger partial charge in [0.05, 0.1) is 12.7 Å². The minimum absolute atomic E-state index is 0.0176. The summed E-state index contributed by atoms with van der Waals surface area (Å²) in [5.74, 6) is 0.792. The van der Waals surface area contributed by atoms with Crippen molar-refractivity contribution in [2.75, 3.05) is 19.7 Å². The van der Waals surface area contributed by atoms with E-state index in [2.05, 4.69) is 20.8 Å². The van der Waals surface area contributed by atoms with E-state index in [0.717, 1.165) is 25.9 Å². The number of carbonyl (C=O) groups excluding carboxylic acids is 1. The molecule has 1 saturated carbocycles. The standard InChI is InChI=1S/C15H28N2O2/c1-10-9-17(7-8-19-10)14(18)12-5-6-13(16)11(2)15(12,3)4/h10-13H,5-9,16H2,1-4H3. The predicted octanol–water partition coefficient (Wildman–Crippen LogP) is 1.63. The summed E-state index contributed by atoms with van der Waals surface area (Å²) in [6, 6.07) is 0.225. The van der Waals surface area contributed by atoms with Gasteiger partial charge in [-0.3, -0.25) is 4.79 Å². The Morgan fingerprint density at radius 3 is 2.63 bits per heavy atom. The van der Waals surface area contributed by atoms with Crippen molar-refractivity contribution >= 4 is 5.91 Å². The number of carbonyl (C=O) groups is 1. The first-order chi connectivity index (χ1) is 8.84. The first-order valence-electron chi connectivity index (χ1n) is 7.50. The molecule has 1 aliphatic carbocycles. The minimum Gasteiger partial charge on any atom is -0.375 e. The van der Waals surface area contributed by atoms with Crippen LogP contribution in [0.4, 0.5) is 0 Å². The van der Waals surface area contributed by atoms with Gasteiger partial charge < -0.3 is 15.4 Å². The van der Waals surface area contributed by atoms with Crippen molar-refractivity contribution in [3.63, 3.8) is 0 Å². The molecule has 2 N–H and O–H groups in total. The number of hydrogen-bond donors (Lipinski definition) is 1. The van der Waals surface area contributed by atoms with E-state index in [4.69, 9.17) is 10.5 Å².